The first kappa shape index (κ1) is 11.8. The Kier molecular flexibility index (Phi) is 3.90. The van der Waals surface area contributed by atoms with Gasteiger partial charge in [-0.2, -0.15) is 4.98 Å². The van der Waals surface area contributed by atoms with Crippen LogP contribution in [0.3, 0.4) is 0 Å². The van der Waals surface area contributed by atoms with Crippen molar-refractivity contribution in [3.8, 4) is 5.88 Å². The fourth-order valence-corrected chi connectivity index (χ4v) is 1.55. The summed E-state index contributed by atoms with van der Waals surface area (Å²) in [4.78, 5) is 15.5. The number of pyridine rings is 1. The Morgan fingerprint density at radius 2 is 2.20 bits per heavy atom. The van der Waals surface area contributed by atoms with Gasteiger partial charge in [0, 0.05) is 7.05 Å². The molecule has 1 aromatic heterocycles. The molecular formula is C9H11BrN2O3. The van der Waals surface area contributed by atoms with E-state index in [-0.39, 0.29) is 0 Å². The van der Waals surface area contributed by atoms with Gasteiger partial charge in [-0.05, 0) is 22.0 Å². The number of nitrogens with one attached hydrogen (secondary N) is 1. The van der Waals surface area contributed by atoms with Gasteiger partial charge in [0.1, 0.15) is 11.4 Å². The van der Waals surface area contributed by atoms with Gasteiger partial charge in [0.2, 0.25) is 5.88 Å². The molecule has 0 atom stereocenters. The quantitative estimate of drug-likeness (QED) is 0.850. The minimum absolute atomic E-state index is 0.354. The van der Waals surface area contributed by atoms with E-state index in [1.54, 1.807) is 13.1 Å². The molecule has 6 heteroatoms. The minimum atomic E-state index is -0.449. The number of rotatable bonds is 3. The highest BCUT2D eigenvalue weighted by Gasteiger charge is 2.16. The summed E-state index contributed by atoms with van der Waals surface area (Å²) in [7, 11) is 4.49. The van der Waals surface area contributed by atoms with Crippen molar-refractivity contribution in [3.63, 3.8) is 0 Å². The number of carbonyl (C=O) groups is 1. The van der Waals surface area contributed by atoms with Crippen molar-refractivity contribution < 1.29 is 14.3 Å². The lowest BCUT2D eigenvalue weighted by Crippen LogP contribution is -2.08. The van der Waals surface area contributed by atoms with E-state index < -0.39 is 5.97 Å². The molecule has 1 aromatic rings. The highest BCUT2D eigenvalue weighted by atomic mass is 79.9. The number of aromatic nitrogens is 1. The zero-order valence-electron chi connectivity index (χ0n) is 8.63. The summed E-state index contributed by atoms with van der Waals surface area (Å²) >= 11 is 3.25. The molecule has 0 spiro atoms. The largest absolute Gasteiger partial charge is 0.480 e. The molecule has 5 nitrogen and oxygen atoms in total. The van der Waals surface area contributed by atoms with Crippen LogP contribution in [0.5, 0.6) is 5.88 Å². The Hall–Kier alpha value is -1.30. The van der Waals surface area contributed by atoms with Crippen molar-refractivity contribution in [2.45, 2.75) is 0 Å². The van der Waals surface area contributed by atoms with Crippen LogP contribution < -0.4 is 10.1 Å². The van der Waals surface area contributed by atoms with Crippen LogP contribution in [0, 0.1) is 0 Å². The van der Waals surface area contributed by atoms with E-state index in [0.717, 1.165) is 0 Å². The number of hydrogen-bond donors (Lipinski definition) is 1. The summed E-state index contributed by atoms with van der Waals surface area (Å²) in [6, 6.07) is 1.60. The number of esters is 1. The second kappa shape index (κ2) is 4.97. The standard InChI is InChI=1S/C9H11BrN2O3/c1-11-7-5(9(13)15-3)4-6(10)8(12-7)14-2/h4H,1-3H3,(H,11,12). The van der Waals surface area contributed by atoms with Gasteiger partial charge in [0.25, 0.3) is 0 Å². The summed E-state index contributed by atoms with van der Waals surface area (Å²) in [5.41, 5.74) is 0.354. The van der Waals surface area contributed by atoms with E-state index >= 15 is 0 Å². The van der Waals surface area contributed by atoms with E-state index in [2.05, 4.69) is 31.0 Å². The lowest BCUT2D eigenvalue weighted by Gasteiger charge is -2.09. The molecule has 0 aliphatic rings. The van der Waals surface area contributed by atoms with E-state index in [9.17, 15) is 4.79 Å². The SMILES string of the molecule is CNc1nc(OC)c(Br)cc1C(=O)OC. The van der Waals surface area contributed by atoms with Gasteiger partial charge in [-0.3, -0.25) is 0 Å². The average Bonchev–Trinajstić information content (AvgIpc) is 2.27. The van der Waals surface area contributed by atoms with Gasteiger partial charge in [-0.1, -0.05) is 0 Å². The minimum Gasteiger partial charge on any atom is -0.480 e. The monoisotopic (exact) mass is 274 g/mol. The topological polar surface area (TPSA) is 60.5 Å². The Bertz CT molecular complexity index is 382. The highest BCUT2D eigenvalue weighted by Crippen LogP contribution is 2.27. The lowest BCUT2D eigenvalue weighted by molar-refractivity contribution is 0.0601. The van der Waals surface area contributed by atoms with Crippen molar-refractivity contribution in [1.82, 2.24) is 4.98 Å². The number of hydrogen-bond acceptors (Lipinski definition) is 5. The molecule has 0 saturated heterocycles. The number of carbonyl (C=O) groups excluding carboxylic acids is 1. The Morgan fingerprint density at radius 3 is 2.67 bits per heavy atom. The van der Waals surface area contributed by atoms with Crippen molar-refractivity contribution >= 4 is 27.7 Å². The third-order valence-electron chi connectivity index (χ3n) is 1.78. The van der Waals surface area contributed by atoms with Crippen molar-refractivity contribution in [3.05, 3.63) is 16.1 Å². The molecule has 1 N–H and O–H groups in total. The zero-order valence-corrected chi connectivity index (χ0v) is 10.2. The highest BCUT2D eigenvalue weighted by molar-refractivity contribution is 9.10. The molecule has 0 unspecified atom stereocenters. The molecule has 0 amide bonds. The molecule has 1 rings (SSSR count). The number of halogens is 1. The summed E-state index contributed by atoms with van der Waals surface area (Å²) in [6.45, 7) is 0. The second-order valence-electron chi connectivity index (χ2n) is 2.62. The van der Waals surface area contributed by atoms with Gasteiger partial charge in [0.05, 0.1) is 18.7 Å². The summed E-state index contributed by atoms with van der Waals surface area (Å²) in [6.07, 6.45) is 0. The fourth-order valence-electron chi connectivity index (χ4n) is 1.07. The van der Waals surface area contributed by atoms with Crippen LogP contribution in [0.1, 0.15) is 10.4 Å². The Labute approximate surface area is 95.9 Å². The molecule has 82 valence electrons. The number of nitrogens with zero attached hydrogens (tertiary/aromatic N) is 1. The molecule has 0 bridgehead atoms. The molecule has 1 heterocycles. The maximum absolute atomic E-state index is 11.4. The molecule has 15 heavy (non-hydrogen) atoms. The van der Waals surface area contributed by atoms with Crippen molar-refractivity contribution in [2.75, 3.05) is 26.6 Å². The van der Waals surface area contributed by atoms with Gasteiger partial charge in [-0.15, -0.1) is 0 Å². The first-order valence-electron chi connectivity index (χ1n) is 4.14. The van der Waals surface area contributed by atoms with Gasteiger partial charge < -0.3 is 14.8 Å². The summed E-state index contributed by atoms with van der Waals surface area (Å²) in [5, 5.41) is 2.80. The van der Waals surface area contributed by atoms with Crippen LogP contribution in [0.4, 0.5) is 5.82 Å². The maximum Gasteiger partial charge on any atom is 0.341 e. The molecule has 0 radical (unpaired) electrons. The van der Waals surface area contributed by atoms with Crippen LogP contribution >= 0.6 is 15.9 Å². The third kappa shape index (κ3) is 2.38. The van der Waals surface area contributed by atoms with E-state index in [1.165, 1.54) is 14.2 Å². The number of ether oxygens (including phenoxy) is 2. The predicted molar refractivity (Wildman–Crippen MR) is 59.4 cm³/mol. The first-order chi connectivity index (χ1) is 7.13. The normalized spacial score (nSPS) is 9.60. The lowest BCUT2D eigenvalue weighted by atomic mass is 10.2. The van der Waals surface area contributed by atoms with E-state index in [0.29, 0.717) is 21.7 Å². The van der Waals surface area contributed by atoms with Crippen LogP contribution in [-0.2, 0) is 4.74 Å². The second-order valence-corrected chi connectivity index (χ2v) is 3.47. The summed E-state index contributed by atoms with van der Waals surface area (Å²) < 4.78 is 10.2. The smallest absolute Gasteiger partial charge is 0.341 e. The van der Waals surface area contributed by atoms with Gasteiger partial charge >= 0.3 is 5.97 Å². The van der Waals surface area contributed by atoms with Crippen molar-refractivity contribution in [2.24, 2.45) is 0 Å². The third-order valence-corrected chi connectivity index (χ3v) is 2.35. The van der Waals surface area contributed by atoms with E-state index in [1.807, 2.05) is 0 Å². The first-order valence-corrected chi connectivity index (χ1v) is 4.94. The van der Waals surface area contributed by atoms with E-state index in [4.69, 9.17) is 4.74 Å². The maximum atomic E-state index is 11.4. The van der Waals surface area contributed by atoms with Crippen LogP contribution in [0.15, 0.2) is 10.5 Å². The molecule has 0 aromatic carbocycles. The number of anilines is 1. The van der Waals surface area contributed by atoms with Gasteiger partial charge in [-0.25, -0.2) is 4.79 Å². The molecule has 0 fully saturated rings. The van der Waals surface area contributed by atoms with Crippen molar-refractivity contribution in [1.29, 1.82) is 0 Å². The average molecular weight is 275 g/mol. The van der Waals surface area contributed by atoms with Crippen LogP contribution in [-0.4, -0.2) is 32.2 Å². The molecule has 0 aliphatic heterocycles. The Morgan fingerprint density at radius 1 is 1.53 bits per heavy atom. The van der Waals surface area contributed by atoms with Crippen LogP contribution in [0.25, 0.3) is 0 Å². The molecule has 0 saturated carbocycles. The molecule has 0 aliphatic carbocycles. The Balaban J connectivity index is 3.27. The van der Waals surface area contributed by atoms with Gasteiger partial charge in [0.15, 0.2) is 0 Å². The summed E-state index contributed by atoms with van der Waals surface area (Å²) in [5.74, 6) is 0.379. The fraction of sp³-hybridized carbons (Fsp3) is 0.333. The number of methoxy groups -OCH3 is 2. The van der Waals surface area contributed by atoms with Crippen LogP contribution in [0.2, 0.25) is 0 Å². The predicted octanol–water partition coefficient (Wildman–Crippen LogP) is 1.68. The zero-order chi connectivity index (χ0) is 11.4. The molecular weight excluding hydrogens is 264 g/mol.